The third-order valence-corrected chi connectivity index (χ3v) is 6.05. The van der Waals surface area contributed by atoms with Crippen molar-refractivity contribution in [3.05, 3.63) is 72.3 Å². The Kier molecular flexibility index (Phi) is 7.16. The van der Waals surface area contributed by atoms with Crippen molar-refractivity contribution in [2.75, 3.05) is 70.3 Å². The molecule has 5 heteroatoms. The average Bonchev–Trinajstić information content (AvgIpc) is 2.81. The van der Waals surface area contributed by atoms with Crippen LogP contribution in [-0.2, 0) is 4.79 Å². The maximum atomic E-state index is 12.8. The maximum absolute atomic E-state index is 12.8. The molecule has 158 valence electrons. The molecule has 0 N–H and O–H groups in total. The molecule has 0 saturated carbocycles. The largest absolute Gasteiger partial charge is 0.368 e. The van der Waals surface area contributed by atoms with Gasteiger partial charge in [-0.25, -0.2) is 0 Å². The number of piperazine rings is 2. The van der Waals surface area contributed by atoms with E-state index in [9.17, 15) is 4.79 Å². The summed E-state index contributed by atoms with van der Waals surface area (Å²) in [4.78, 5) is 21.9. The zero-order valence-electron chi connectivity index (χ0n) is 17.7. The highest BCUT2D eigenvalue weighted by atomic mass is 16.2. The second kappa shape index (κ2) is 10.4. The SMILES string of the molecule is O=C(CN1CCN(C/C=C/c2ccccc2)CC1)N1CCN(c2ccccc2)CC1. The van der Waals surface area contributed by atoms with Gasteiger partial charge in [0.1, 0.15) is 0 Å². The van der Waals surface area contributed by atoms with Crippen LogP contribution < -0.4 is 4.90 Å². The van der Waals surface area contributed by atoms with Gasteiger partial charge >= 0.3 is 0 Å². The number of nitrogens with zero attached hydrogens (tertiary/aromatic N) is 4. The van der Waals surface area contributed by atoms with Gasteiger partial charge in [0, 0.05) is 64.6 Å². The average molecular weight is 405 g/mol. The van der Waals surface area contributed by atoms with E-state index < -0.39 is 0 Å². The van der Waals surface area contributed by atoms with Gasteiger partial charge in [0.15, 0.2) is 0 Å². The normalized spacial score (nSPS) is 18.8. The third-order valence-electron chi connectivity index (χ3n) is 6.05. The lowest BCUT2D eigenvalue weighted by Crippen LogP contribution is -2.53. The van der Waals surface area contributed by atoms with Crippen molar-refractivity contribution in [2.45, 2.75) is 0 Å². The summed E-state index contributed by atoms with van der Waals surface area (Å²) in [6.07, 6.45) is 4.42. The van der Waals surface area contributed by atoms with Crippen molar-refractivity contribution in [2.24, 2.45) is 0 Å². The topological polar surface area (TPSA) is 30.0 Å². The molecule has 2 aliphatic heterocycles. The lowest BCUT2D eigenvalue weighted by atomic mass is 10.2. The molecule has 30 heavy (non-hydrogen) atoms. The second-order valence-electron chi connectivity index (χ2n) is 8.09. The molecule has 2 saturated heterocycles. The molecule has 0 unspecified atom stereocenters. The molecule has 1 amide bonds. The number of benzene rings is 2. The molecule has 2 aromatic rings. The Morgan fingerprint density at radius 3 is 2.00 bits per heavy atom. The smallest absolute Gasteiger partial charge is 0.236 e. The fraction of sp³-hybridized carbons (Fsp3) is 0.400. The zero-order chi connectivity index (χ0) is 20.6. The predicted octanol–water partition coefficient (Wildman–Crippen LogP) is 2.67. The Bertz CT molecular complexity index is 808. The molecule has 2 aromatic carbocycles. The van der Waals surface area contributed by atoms with Crippen LogP contribution in [0.4, 0.5) is 5.69 Å². The molecule has 0 aromatic heterocycles. The fourth-order valence-corrected chi connectivity index (χ4v) is 4.18. The van der Waals surface area contributed by atoms with E-state index in [1.54, 1.807) is 0 Å². The number of rotatable bonds is 6. The molecule has 0 spiro atoms. The van der Waals surface area contributed by atoms with E-state index in [1.165, 1.54) is 11.3 Å². The van der Waals surface area contributed by atoms with Crippen LogP contribution in [-0.4, -0.2) is 86.1 Å². The van der Waals surface area contributed by atoms with E-state index in [-0.39, 0.29) is 5.91 Å². The number of para-hydroxylation sites is 1. The third kappa shape index (κ3) is 5.71. The summed E-state index contributed by atoms with van der Waals surface area (Å²) in [6, 6.07) is 20.9. The molecule has 5 nitrogen and oxygen atoms in total. The summed E-state index contributed by atoms with van der Waals surface area (Å²) in [6.45, 7) is 8.97. The lowest BCUT2D eigenvalue weighted by Gasteiger charge is -2.38. The molecule has 0 bridgehead atoms. The molecule has 0 atom stereocenters. The minimum atomic E-state index is 0.278. The van der Waals surface area contributed by atoms with Crippen LogP contribution in [0.1, 0.15) is 5.56 Å². The molecule has 2 heterocycles. The van der Waals surface area contributed by atoms with Crippen LogP contribution in [0.2, 0.25) is 0 Å². The summed E-state index contributed by atoms with van der Waals surface area (Å²) < 4.78 is 0. The van der Waals surface area contributed by atoms with Gasteiger partial charge in [-0.15, -0.1) is 0 Å². The molecule has 2 fully saturated rings. The highest BCUT2D eigenvalue weighted by molar-refractivity contribution is 5.78. The summed E-state index contributed by atoms with van der Waals surface area (Å²) in [5.74, 6) is 0.278. The molecule has 0 radical (unpaired) electrons. The standard InChI is InChI=1S/C25H32N4O/c30-25(29-20-18-28(19-21-29)24-11-5-2-6-12-24)22-27-16-14-26(15-17-27)13-7-10-23-8-3-1-4-9-23/h1-12H,13-22H2/b10-7+. The van der Waals surface area contributed by atoms with Gasteiger partial charge in [0.25, 0.3) is 0 Å². The first-order chi connectivity index (χ1) is 14.8. The fourth-order valence-electron chi connectivity index (χ4n) is 4.18. The highest BCUT2D eigenvalue weighted by Crippen LogP contribution is 2.16. The maximum Gasteiger partial charge on any atom is 0.236 e. The molecular formula is C25H32N4O. The van der Waals surface area contributed by atoms with Crippen molar-refractivity contribution in [1.82, 2.24) is 14.7 Å². The Morgan fingerprint density at radius 2 is 1.33 bits per heavy atom. The van der Waals surface area contributed by atoms with Crippen LogP contribution in [0, 0.1) is 0 Å². The second-order valence-corrected chi connectivity index (χ2v) is 8.09. The molecule has 4 rings (SSSR count). The number of anilines is 1. The van der Waals surface area contributed by atoms with E-state index in [2.05, 4.69) is 75.4 Å². The molecular weight excluding hydrogens is 372 g/mol. The monoisotopic (exact) mass is 404 g/mol. The van der Waals surface area contributed by atoms with Crippen LogP contribution in [0.5, 0.6) is 0 Å². The number of carbonyl (C=O) groups is 1. The van der Waals surface area contributed by atoms with E-state index in [1.807, 2.05) is 17.0 Å². The number of amides is 1. The van der Waals surface area contributed by atoms with Gasteiger partial charge in [-0.2, -0.15) is 0 Å². The summed E-state index contributed by atoms with van der Waals surface area (Å²) >= 11 is 0. The first kappa shape index (κ1) is 20.6. The predicted molar refractivity (Wildman–Crippen MR) is 124 cm³/mol. The van der Waals surface area contributed by atoms with E-state index in [0.717, 1.165) is 58.9 Å². The van der Waals surface area contributed by atoms with Gasteiger partial charge < -0.3 is 9.80 Å². The van der Waals surface area contributed by atoms with Crippen molar-refractivity contribution in [3.63, 3.8) is 0 Å². The van der Waals surface area contributed by atoms with Crippen LogP contribution in [0.25, 0.3) is 6.08 Å². The van der Waals surface area contributed by atoms with Gasteiger partial charge in [0.2, 0.25) is 5.91 Å². The Balaban J connectivity index is 1.16. The van der Waals surface area contributed by atoms with Gasteiger partial charge in [0.05, 0.1) is 6.54 Å². The lowest BCUT2D eigenvalue weighted by molar-refractivity contribution is -0.133. The van der Waals surface area contributed by atoms with Crippen LogP contribution in [0.3, 0.4) is 0 Å². The van der Waals surface area contributed by atoms with Crippen molar-refractivity contribution >= 4 is 17.7 Å². The number of hydrogen-bond donors (Lipinski definition) is 0. The quantitative estimate of drug-likeness (QED) is 0.741. The van der Waals surface area contributed by atoms with Crippen molar-refractivity contribution in [1.29, 1.82) is 0 Å². The van der Waals surface area contributed by atoms with Gasteiger partial charge in [-0.1, -0.05) is 60.7 Å². The van der Waals surface area contributed by atoms with Crippen molar-refractivity contribution < 1.29 is 4.79 Å². The first-order valence-electron chi connectivity index (χ1n) is 11.0. The Hall–Kier alpha value is -2.63. The van der Waals surface area contributed by atoms with E-state index >= 15 is 0 Å². The Labute approximate surface area is 180 Å². The summed E-state index contributed by atoms with van der Waals surface area (Å²) in [5.41, 5.74) is 2.50. The minimum absolute atomic E-state index is 0.278. The van der Waals surface area contributed by atoms with Crippen molar-refractivity contribution in [3.8, 4) is 0 Å². The van der Waals surface area contributed by atoms with E-state index in [0.29, 0.717) is 6.54 Å². The summed E-state index contributed by atoms with van der Waals surface area (Å²) in [7, 11) is 0. The van der Waals surface area contributed by atoms with Crippen LogP contribution in [0.15, 0.2) is 66.7 Å². The first-order valence-corrected chi connectivity index (χ1v) is 11.0. The number of hydrogen-bond acceptors (Lipinski definition) is 4. The van der Waals surface area contributed by atoms with E-state index in [4.69, 9.17) is 0 Å². The van der Waals surface area contributed by atoms with Gasteiger partial charge in [-0.05, 0) is 17.7 Å². The highest BCUT2D eigenvalue weighted by Gasteiger charge is 2.24. The Morgan fingerprint density at radius 1 is 0.733 bits per heavy atom. The molecule has 2 aliphatic rings. The minimum Gasteiger partial charge on any atom is -0.368 e. The summed E-state index contributed by atoms with van der Waals surface area (Å²) in [5, 5.41) is 0. The number of carbonyl (C=O) groups excluding carboxylic acids is 1. The molecule has 0 aliphatic carbocycles. The van der Waals surface area contributed by atoms with Gasteiger partial charge in [-0.3, -0.25) is 14.6 Å². The van der Waals surface area contributed by atoms with Crippen LogP contribution >= 0.6 is 0 Å². The zero-order valence-corrected chi connectivity index (χ0v) is 17.7.